The molecule has 0 aromatic carbocycles. The Morgan fingerprint density at radius 1 is 1.65 bits per heavy atom. The third-order valence-corrected chi connectivity index (χ3v) is 3.96. The predicted octanol–water partition coefficient (Wildman–Crippen LogP) is 1.66. The lowest BCUT2D eigenvalue weighted by Gasteiger charge is -2.34. The molecule has 1 saturated heterocycles. The van der Waals surface area contributed by atoms with Crippen LogP contribution in [0.2, 0.25) is 0 Å². The molecule has 0 amide bonds. The normalized spacial score (nSPS) is 19.1. The average Bonchev–Trinajstić information content (AvgIpc) is 2.38. The molecule has 1 aliphatic heterocycles. The van der Waals surface area contributed by atoms with Gasteiger partial charge in [0.2, 0.25) is 11.8 Å². The fraction of sp³-hybridized carbons (Fsp3) is 0.615. The second-order valence-corrected chi connectivity index (χ2v) is 6.03. The van der Waals surface area contributed by atoms with Gasteiger partial charge in [-0.3, -0.25) is 4.79 Å². The molecule has 7 heteroatoms. The van der Waals surface area contributed by atoms with Gasteiger partial charge in [0.25, 0.3) is 0 Å². The Labute approximate surface area is 122 Å². The highest BCUT2D eigenvalue weighted by Gasteiger charge is 2.27. The third kappa shape index (κ3) is 4.00. The van der Waals surface area contributed by atoms with Crippen LogP contribution in [0.1, 0.15) is 20.3 Å². The number of carbonyl (C=O) groups is 1. The Kier molecular flexibility index (Phi) is 5.05. The van der Waals surface area contributed by atoms with E-state index in [9.17, 15) is 4.79 Å². The standard InChI is InChI=1S/C13H19N3O3S/c1-9(2)19-11-3-4-14-13(15-11)16-5-6-20-8-10(16)7-12(17)18/h3-4,9-10H,5-8H2,1-2H3,(H,17,18). The maximum absolute atomic E-state index is 11.0. The highest BCUT2D eigenvalue weighted by atomic mass is 32.2. The van der Waals surface area contributed by atoms with Crippen LogP contribution in [0.3, 0.4) is 0 Å². The molecule has 0 bridgehead atoms. The monoisotopic (exact) mass is 297 g/mol. The van der Waals surface area contributed by atoms with Gasteiger partial charge in [0, 0.05) is 30.3 Å². The first-order valence-electron chi connectivity index (χ1n) is 6.62. The number of aromatic nitrogens is 2. The highest BCUT2D eigenvalue weighted by molar-refractivity contribution is 7.99. The van der Waals surface area contributed by atoms with Crippen molar-refractivity contribution in [2.45, 2.75) is 32.4 Å². The van der Waals surface area contributed by atoms with E-state index in [0.29, 0.717) is 11.8 Å². The molecule has 0 radical (unpaired) electrons. The Bertz CT molecular complexity index is 470. The predicted molar refractivity (Wildman–Crippen MR) is 78.5 cm³/mol. The summed E-state index contributed by atoms with van der Waals surface area (Å²) in [5, 5.41) is 9.00. The fourth-order valence-electron chi connectivity index (χ4n) is 2.07. The van der Waals surface area contributed by atoms with Crippen molar-refractivity contribution < 1.29 is 14.6 Å². The SMILES string of the molecule is CC(C)Oc1ccnc(N2CCSCC2CC(=O)O)n1. The zero-order chi connectivity index (χ0) is 14.5. The molecule has 2 heterocycles. The van der Waals surface area contributed by atoms with Crippen LogP contribution >= 0.6 is 11.8 Å². The van der Waals surface area contributed by atoms with E-state index in [0.717, 1.165) is 18.1 Å². The summed E-state index contributed by atoms with van der Waals surface area (Å²) in [6, 6.07) is 1.65. The van der Waals surface area contributed by atoms with Crippen molar-refractivity contribution in [1.29, 1.82) is 0 Å². The molecular weight excluding hydrogens is 278 g/mol. The Morgan fingerprint density at radius 3 is 3.15 bits per heavy atom. The van der Waals surface area contributed by atoms with Crippen LogP contribution < -0.4 is 9.64 Å². The molecule has 0 saturated carbocycles. The van der Waals surface area contributed by atoms with Crippen LogP contribution in [0.5, 0.6) is 5.88 Å². The maximum atomic E-state index is 11.0. The largest absolute Gasteiger partial charge is 0.481 e. The first-order chi connectivity index (χ1) is 9.56. The molecule has 0 spiro atoms. The average molecular weight is 297 g/mol. The summed E-state index contributed by atoms with van der Waals surface area (Å²) >= 11 is 1.77. The second-order valence-electron chi connectivity index (χ2n) is 4.88. The van der Waals surface area contributed by atoms with E-state index in [1.165, 1.54) is 0 Å². The van der Waals surface area contributed by atoms with Crippen molar-refractivity contribution in [3.63, 3.8) is 0 Å². The summed E-state index contributed by atoms with van der Waals surface area (Å²) in [5.74, 6) is 2.02. The molecule has 6 nitrogen and oxygen atoms in total. The minimum absolute atomic E-state index is 0.0458. The number of rotatable bonds is 5. The summed E-state index contributed by atoms with van der Waals surface area (Å²) in [5.41, 5.74) is 0. The van der Waals surface area contributed by atoms with E-state index in [2.05, 4.69) is 9.97 Å². The van der Waals surface area contributed by atoms with Gasteiger partial charge in [0.15, 0.2) is 0 Å². The molecule has 1 atom stereocenters. The molecule has 1 aromatic rings. The van der Waals surface area contributed by atoms with Crippen LogP contribution in [-0.4, -0.2) is 51.2 Å². The van der Waals surface area contributed by atoms with Crippen LogP contribution in [0.25, 0.3) is 0 Å². The lowest BCUT2D eigenvalue weighted by atomic mass is 10.2. The topological polar surface area (TPSA) is 75.5 Å². The van der Waals surface area contributed by atoms with Crippen molar-refractivity contribution in [3.8, 4) is 5.88 Å². The van der Waals surface area contributed by atoms with Gasteiger partial charge in [-0.1, -0.05) is 0 Å². The van der Waals surface area contributed by atoms with Crippen molar-refractivity contribution in [1.82, 2.24) is 9.97 Å². The van der Waals surface area contributed by atoms with E-state index < -0.39 is 5.97 Å². The van der Waals surface area contributed by atoms with Crippen molar-refractivity contribution >= 4 is 23.7 Å². The van der Waals surface area contributed by atoms with E-state index in [1.54, 1.807) is 24.0 Å². The zero-order valence-corrected chi connectivity index (χ0v) is 12.5. The van der Waals surface area contributed by atoms with E-state index in [1.807, 2.05) is 18.7 Å². The maximum Gasteiger partial charge on any atom is 0.305 e. The molecule has 2 rings (SSSR count). The molecule has 1 fully saturated rings. The van der Waals surface area contributed by atoms with Gasteiger partial charge in [0.1, 0.15) is 0 Å². The summed E-state index contributed by atoms with van der Waals surface area (Å²) in [6.45, 7) is 4.63. The van der Waals surface area contributed by atoms with E-state index in [4.69, 9.17) is 9.84 Å². The van der Waals surface area contributed by atoms with Gasteiger partial charge in [-0.05, 0) is 13.8 Å². The summed E-state index contributed by atoms with van der Waals surface area (Å²) < 4.78 is 5.56. The van der Waals surface area contributed by atoms with Gasteiger partial charge in [-0.2, -0.15) is 16.7 Å². The first kappa shape index (κ1) is 14.9. The number of ether oxygens (including phenoxy) is 1. The van der Waals surface area contributed by atoms with E-state index in [-0.39, 0.29) is 18.6 Å². The number of thioether (sulfide) groups is 1. The lowest BCUT2D eigenvalue weighted by Crippen LogP contribution is -2.44. The third-order valence-electron chi connectivity index (χ3n) is 2.87. The molecule has 110 valence electrons. The van der Waals surface area contributed by atoms with Gasteiger partial charge >= 0.3 is 5.97 Å². The van der Waals surface area contributed by atoms with Gasteiger partial charge in [-0.15, -0.1) is 0 Å². The summed E-state index contributed by atoms with van der Waals surface area (Å²) in [7, 11) is 0. The molecule has 1 aliphatic rings. The Balaban J connectivity index is 2.16. The molecule has 1 aromatic heterocycles. The second kappa shape index (κ2) is 6.78. The van der Waals surface area contributed by atoms with Gasteiger partial charge < -0.3 is 14.7 Å². The summed E-state index contributed by atoms with van der Waals surface area (Å²) in [6.07, 6.45) is 1.80. The number of anilines is 1. The zero-order valence-electron chi connectivity index (χ0n) is 11.7. The van der Waals surface area contributed by atoms with Gasteiger partial charge in [-0.25, -0.2) is 4.98 Å². The van der Waals surface area contributed by atoms with Crippen molar-refractivity contribution in [3.05, 3.63) is 12.3 Å². The van der Waals surface area contributed by atoms with Crippen LogP contribution in [0.4, 0.5) is 5.95 Å². The molecule has 20 heavy (non-hydrogen) atoms. The van der Waals surface area contributed by atoms with E-state index >= 15 is 0 Å². The molecular formula is C13H19N3O3S. The van der Waals surface area contributed by atoms with Crippen LogP contribution in [0, 0.1) is 0 Å². The first-order valence-corrected chi connectivity index (χ1v) is 7.77. The van der Waals surface area contributed by atoms with Crippen LogP contribution in [0.15, 0.2) is 12.3 Å². The Hall–Kier alpha value is -1.50. The number of carboxylic acid groups (broad SMARTS) is 1. The number of hydrogen-bond acceptors (Lipinski definition) is 6. The van der Waals surface area contributed by atoms with Crippen molar-refractivity contribution in [2.24, 2.45) is 0 Å². The quantitative estimate of drug-likeness (QED) is 0.885. The van der Waals surface area contributed by atoms with Gasteiger partial charge in [0.05, 0.1) is 18.6 Å². The minimum Gasteiger partial charge on any atom is -0.481 e. The fourth-order valence-corrected chi connectivity index (χ4v) is 3.13. The lowest BCUT2D eigenvalue weighted by molar-refractivity contribution is -0.137. The number of hydrogen-bond donors (Lipinski definition) is 1. The summed E-state index contributed by atoms with van der Waals surface area (Å²) in [4.78, 5) is 21.6. The highest BCUT2D eigenvalue weighted by Crippen LogP contribution is 2.24. The number of carboxylic acids is 1. The Morgan fingerprint density at radius 2 is 2.45 bits per heavy atom. The number of aliphatic carboxylic acids is 1. The minimum atomic E-state index is -0.794. The molecule has 1 N–H and O–H groups in total. The van der Waals surface area contributed by atoms with Crippen molar-refractivity contribution in [2.75, 3.05) is 23.0 Å². The molecule has 0 aliphatic carbocycles. The smallest absolute Gasteiger partial charge is 0.305 e. The number of nitrogens with zero attached hydrogens (tertiary/aromatic N) is 3. The van der Waals surface area contributed by atoms with Crippen LogP contribution in [-0.2, 0) is 4.79 Å². The molecule has 1 unspecified atom stereocenters.